The number of anilines is 1. The summed E-state index contributed by atoms with van der Waals surface area (Å²) in [7, 11) is 0. The van der Waals surface area contributed by atoms with Gasteiger partial charge in [0.1, 0.15) is 0 Å². The van der Waals surface area contributed by atoms with Crippen LogP contribution in [-0.4, -0.2) is 15.9 Å². The maximum absolute atomic E-state index is 11.9. The Morgan fingerprint density at radius 3 is 2.61 bits per heavy atom. The first-order chi connectivity index (χ1) is 8.58. The molecular weight excluding hydrogens is 341 g/mol. The van der Waals surface area contributed by atoms with Crippen molar-refractivity contribution in [2.75, 3.05) is 5.32 Å². The molecule has 0 saturated heterocycles. The van der Waals surface area contributed by atoms with Crippen LogP contribution in [0.2, 0.25) is 10.2 Å². The van der Waals surface area contributed by atoms with Crippen LogP contribution < -0.4 is 5.32 Å². The number of carbonyl (C=O) groups excluding carboxylic acids is 1. The molecule has 92 valence electrons. The number of amides is 1. The lowest BCUT2D eigenvalue weighted by molar-refractivity contribution is 0.102. The molecule has 0 bridgehead atoms. The standard InChI is InChI=1S/C11H6BrCl2N3O/c12-7-2-1-6(5-8(7)13)11(18)17-10-9(14)15-3-4-16-10/h1-5H,(H,16,17,18). The van der Waals surface area contributed by atoms with E-state index in [2.05, 4.69) is 31.2 Å². The van der Waals surface area contributed by atoms with Crippen molar-refractivity contribution in [3.8, 4) is 0 Å². The van der Waals surface area contributed by atoms with Gasteiger partial charge in [-0.2, -0.15) is 0 Å². The predicted molar refractivity (Wildman–Crippen MR) is 74.1 cm³/mol. The van der Waals surface area contributed by atoms with Gasteiger partial charge in [-0.05, 0) is 34.1 Å². The first-order valence-electron chi connectivity index (χ1n) is 4.81. The van der Waals surface area contributed by atoms with E-state index < -0.39 is 0 Å². The lowest BCUT2D eigenvalue weighted by atomic mass is 10.2. The van der Waals surface area contributed by atoms with Crippen LogP contribution in [0.3, 0.4) is 0 Å². The van der Waals surface area contributed by atoms with Crippen molar-refractivity contribution in [1.82, 2.24) is 9.97 Å². The number of carbonyl (C=O) groups is 1. The molecule has 1 aromatic carbocycles. The Kier molecular flexibility index (Phi) is 4.16. The van der Waals surface area contributed by atoms with Gasteiger partial charge in [-0.15, -0.1) is 0 Å². The fraction of sp³-hybridized carbons (Fsp3) is 0. The average molecular weight is 347 g/mol. The number of hydrogen-bond acceptors (Lipinski definition) is 3. The van der Waals surface area contributed by atoms with Crippen LogP contribution in [0.15, 0.2) is 35.1 Å². The molecule has 0 saturated carbocycles. The number of benzene rings is 1. The number of rotatable bonds is 2. The van der Waals surface area contributed by atoms with Crippen molar-refractivity contribution in [1.29, 1.82) is 0 Å². The maximum atomic E-state index is 11.9. The molecule has 2 rings (SSSR count). The molecule has 7 heteroatoms. The fourth-order valence-electron chi connectivity index (χ4n) is 1.22. The van der Waals surface area contributed by atoms with Crippen LogP contribution in [0, 0.1) is 0 Å². The van der Waals surface area contributed by atoms with Crippen LogP contribution in [0.5, 0.6) is 0 Å². The number of hydrogen-bond donors (Lipinski definition) is 1. The summed E-state index contributed by atoms with van der Waals surface area (Å²) in [5, 5.41) is 3.14. The minimum absolute atomic E-state index is 0.133. The Balaban J connectivity index is 2.22. The van der Waals surface area contributed by atoms with Gasteiger partial charge in [0, 0.05) is 22.4 Å². The minimum Gasteiger partial charge on any atom is -0.304 e. The fourth-order valence-corrected chi connectivity index (χ4v) is 1.80. The number of halogens is 3. The van der Waals surface area contributed by atoms with E-state index in [1.165, 1.54) is 12.4 Å². The third-order valence-electron chi connectivity index (χ3n) is 2.07. The number of aromatic nitrogens is 2. The molecule has 2 aromatic rings. The quantitative estimate of drug-likeness (QED) is 0.899. The Hall–Kier alpha value is -1.17. The van der Waals surface area contributed by atoms with Crippen LogP contribution >= 0.6 is 39.1 Å². The second kappa shape index (κ2) is 5.65. The molecule has 18 heavy (non-hydrogen) atoms. The van der Waals surface area contributed by atoms with Crippen LogP contribution in [0.4, 0.5) is 5.82 Å². The van der Waals surface area contributed by atoms with Crippen molar-refractivity contribution >= 4 is 50.9 Å². The van der Waals surface area contributed by atoms with Gasteiger partial charge in [-0.25, -0.2) is 9.97 Å². The molecule has 0 unspecified atom stereocenters. The largest absolute Gasteiger partial charge is 0.304 e. The topological polar surface area (TPSA) is 54.9 Å². The highest BCUT2D eigenvalue weighted by Crippen LogP contribution is 2.24. The Morgan fingerprint density at radius 2 is 1.94 bits per heavy atom. The lowest BCUT2D eigenvalue weighted by Gasteiger charge is -2.06. The summed E-state index contributed by atoms with van der Waals surface area (Å²) < 4.78 is 0.721. The van der Waals surface area contributed by atoms with Gasteiger partial charge < -0.3 is 5.32 Å². The van der Waals surface area contributed by atoms with Crippen molar-refractivity contribution in [2.45, 2.75) is 0 Å². The van der Waals surface area contributed by atoms with Gasteiger partial charge in [0.05, 0.1) is 5.02 Å². The zero-order chi connectivity index (χ0) is 13.1. The Labute approximate surface area is 121 Å². The zero-order valence-electron chi connectivity index (χ0n) is 8.82. The lowest BCUT2D eigenvalue weighted by Crippen LogP contribution is -2.13. The van der Waals surface area contributed by atoms with E-state index in [1.807, 2.05) is 0 Å². The summed E-state index contributed by atoms with van der Waals surface area (Å²) in [6.45, 7) is 0. The van der Waals surface area contributed by atoms with E-state index in [-0.39, 0.29) is 16.9 Å². The molecular formula is C11H6BrCl2N3O. The minimum atomic E-state index is -0.355. The molecule has 4 nitrogen and oxygen atoms in total. The van der Waals surface area contributed by atoms with Crippen LogP contribution in [0.25, 0.3) is 0 Å². The van der Waals surface area contributed by atoms with Crippen molar-refractivity contribution in [3.05, 3.63) is 50.8 Å². The highest BCUT2D eigenvalue weighted by Gasteiger charge is 2.11. The van der Waals surface area contributed by atoms with E-state index in [1.54, 1.807) is 18.2 Å². The summed E-state index contributed by atoms with van der Waals surface area (Å²) in [6, 6.07) is 4.87. The summed E-state index contributed by atoms with van der Waals surface area (Å²) in [5.74, 6) is -0.144. The Morgan fingerprint density at radius 1 is 1.22 bits per heavy atom. The van der Waals surface area contributed by atoms with Crippen molar-refractivity contribution < 1.29 is 4.79 Å². The molecule has 1 heterocycles. The normalized spacial score (nSPS) is 10.2. The summed E-state index contributed by atoms with van der Waals surface area (Å²) in [4.78, 5) is 19.6. The molecule has 0 aliphatic rings. The zero-order valence-corrected chi connectivity index (χ0v) is 11.9. The van der Waals surface area contributed by atoms with Gasteiger partial charge in [0.25, 0.3) is 5.91 Å². The molecule has 1 aromatic heterocycles. The number of nitrogens with zero attached hydrogens (tertiary/aromatic N) is 2. The first kappa shape index (κ1) is 13.3. The van der Waals surface area contributed by atoms with Gasteiger partial charge in [-0.3, -0.25) is 4.79 Å². The monoisotopic (exact) mass is 345 g/mol. The highest BCUT2D eigenvalue weighted by molar-refractivity contribution is 9.10. The molecule has 0 atom stereocenters. The molecule has 1 N–H and O–H groups in total. The van der Waals surface area contributed by atoms with Gasteiger partial charge in [0.15, 0.2) is 11.0 Å². The molecule has 0 aliphatic carbocycles. The average Bonchev–Trinajstić information content (AvgIpc) is 2.35. The third kappa shape index (κ3) is 2.98. The molecule has 1 amide bonds. The van der Waals surface area contributed by atoms with Crippen LogP contribution in [0.1, 0.15) is 10.4 Å². The Bertz CT molecular complexity index is 607. The molecule has 0 fully saturated rings. The SMILES string of the molecule is O=C(Nc1nccnc1Cl)c1ccc(Br)c(Cl)c1. The number of nitrogens with one attached hydrogen (secondary N) is 1. The maximum Gasteiger partial charge on any atom is 0.256 e. The second-order valence-corrected chi connectivity index (χ2v) is 4.90. The van der Waals surface area contributed by atoms with Gasteiger partial charge in [-0.1, -0.05) is 23.2 Å². The second-order valence-electron chi connectivity index (χ2n) is 3.28. The van der Waals surface area contributed by atoms with Crippen molar-refractivity contribution in [2.24, 2.45) is 0 Å². The molecule has 0 radical (unpaired) electrons. The summed E-state index contributed by atoms with van der Waals surface area (Å²) in [6.07, 6.45) is 2.88. The van der Waals surface area contributed by atoms with Crippen molar-refractivity contribution in [3.63, 3.8) is 0 Å². The summed E-state index contributed by atoms with van der Waals surface area (Å²) >= 11 is 15.0. The first-order valence-corrected chi connectivity index (χ1v) is 6.35. The van der Waals surface area contributed by atoms with Gasteiger partial charge in [0.2, 0.25) is 0 Å². The smallest absolute Gasteiger partial charge is 0.256 e. The van der Waals surface area contributed by atoms with E-state index in [9.17, 15) is 4.79 Å². The van der Waals surface area contributed by atoms with Gasteiger partial charge >= 0.3 is 0 Å². The highest BCUT2D eigenvalue weighted by atomic mass is 79.9. The predicted octanol–water partition coefficient (Wildman–Crippen LogP) is 3.80. The summed E-state index contributed by atoms with van der Waals surface area (Å²) in [5.41, 5.74) is 0.407. The van der Waals surface area contributed by atoms with E-state index >= 15 is 0 Å². The third-order valence-corrected chi connectivity index (χ3v) is 3.58. The van der Waals surface area contributed by atoms with E-state index in [0.29, 0.717) is 10.6 Å². The van der Waals surface area contributed by atoms with E-state index in [4.69, 9.17) is 23.2 Å². The van der Waals surface area contributed by atoms with E-state index in [0.717, 1.165) is 4.47 Å². The molecule has 0 spiro atoms. The molecule has 0 aliphatic heterocycles. The van der Waals surface area contributed by atoms with Crippen LogP contribution in [-0.2, 0) is 0 Å².